The van der Waals surface area contributed by atoms with Crippen LogP contribution in [0.15, 0.2) is 18.2 Å². The van der Waals surface area contributed by atoms with Gasteiger partial charge in [0.05, 0.1) is 33.3 Å². The predicted octanol–water partition coefficient (Wildman–Crippen LogP) is 2.89. The monoisotopic (exact) mass is 421 g/mol. The Bertz CT molecular complexity index is 920. The third kappa shape index (κ3) is 5.47. The van der Waals surface area contributed by atoms with Crippen molar-refractivity contribution in [3.63, 3.8) is 0 Å². The number of benzene rings is 1. The van der Waals surface area contributed by atoms with Crippen LogP contribution in [0.4, 0.5) is 5.00 Å². The summed E-state index contributed by atoms with van der Waals surface area (Å²) in [6.07, 6.45) is -0.0644. The van der Waals surface area contributed by atoms with Gasteiger partial charge in [-0.3, -0.25) is 9.59 Å². The van der Waals surface area contributed by atoms with E-state index in [9.17, 15) is 14.4 Å². The maximum Gasteiger partial charge on any atom is 0.341 e. The van der Waals surface area contributed by atoms with Crippen LogP contribution in [-0.2, 0) is 25.5 Å². The molecule has 1 N–H and O–H groups in total. The van der Waals surface area contributed by atoms with E-state index in [2.05, 4.69) is 5.32 Å². The highest BCUT2D eigenvalue weighted by molar-refractivity contribution is 7.16. The molecule has 0 radical (unpaired) electrons. The smallest absolute Gasteiger partial charge is 0.341 e. The summed E-state index contributed by atoms with van der Waals surface area (Å²) in [5.74, 6) is -0.591. The molecular formula is C20H23NO7S. The molecule has 1 aromatic heterocycles. The maximum absolute atomic E-state index is 12.2. The van der Waals surface area contributed by atoms with Crippen LogP contribution in [0.1, 0.15) is 26.4 Å². The zero-order valence-electron chi connectivity index (χ0n) is 16.9. The number of anilines is 1. The fraction of sp³-hybridized carbons (Fsp3) is 0.350. The molecule has 8 nitrogen and oxygen atoms in total. The number of nitrogens with one attached hydrogen (secondary N) is 1. The summed E-state index contributed by atoms with van der Waals surface area (Å²) in [6.45, 7) is 3.13. The number of esters is 2. The summed E-state index contributed by atoms with van der Waals surface area (Å²) in [5.41, 5.74) is 1.65. The summed E-state index contributed by atoms with van der Waals surface area (Å²) >= 11 is 1.26. The van der Waals surface area contributed by atoms with E-state index in [0.29, 0.717) is 27.6 Å². The van der Waals surface area contributed by atoms with E-state index < -0.39 is 24.5 Å². The molecule has 156 valence electrons. The van der Waals surface area contributed by atoms with Gasteiger partial charge in [0.15, 0.2) is 6.61 Å². The van der Waals surface area contributed by atoms with Crippen molar-refractivity contribution in [3.05, 3.63) is 39.8 Å². The first kappa shape index (κ1) is 22.2. The van der Waals surface area contributed by atoms with Crippen molar-refractivity contribution in [2.45, 2.75) is 20.3 Å². The van der Waals surface area contributed by atoms with Gasteiger partial charge >= 0.3 is 11.9 Å². The first-order valence-corrected chi connectivity index (χ1v) is 9.47. The van der Waals surface area contributed by atoms with Crippen LogP contribution in [0, 0.1) is 13.8 Å². The minimum absolute atomic E-state index is 0.0644. The molecule has 1 aromatic carbocycles. The van der Waals surface area contributed by atoms with Crippen LogP contribution >= 0.6 is 11.3 Å². The number of methoxy groups -OCH3 is 3. The average Bonchev–Trinajstić information content (AvgIpc) is 2.99. The lowest BCUT2D eigenvalue weighted by atomic mass is 10.1. The maximum atomic E-state index is 12.2. The van der Waals surface area contributed by atoms with Gasteiger partial charge in [0.25, 0.3) is 5.91 Å². The number of carbonyl (C=O) groups is 3. The van der Waals surface area contributed by atoms with Crippen LogP contribution < -0.4 is 14.8 Å². The Hall–Kier alpha value is -3.07. The third-order valence-corrected chi connectivity index (χ3v) is 5.34. The van der Waals surface area contributed by atoms with E-state index in [1.54, 1.807) is 25.1 Å². The van der Waals surface area contributed by atoms with Gasteiger partial charge in [-0.2, -0.15) is 0 Å². The standard InChI is InChI=1S/C20H23NO7S/c1-11-12(2)29-19(18(11)20(24)27-5)21-16(22)10-28-17(23)8-13-6-7-14(25-3)9-15(13)26-4/h6-7,9H,8,10H2,1-5H3,(H,21,22). The summed E-state index contributed by atoms with van der Waals surface area (Å²) in [6, 6.07) is 5.05. The van der Waals surface area contributed by atoms with Crippen molar-refractivity contribution in [2.75, 3.05) is 33.3 Å². The van der Waals surface area contributed by atoms with E-state index in [1.165, 1.54) is 32.7 Å². The summed E-state index contributed by atoms with van der Waals surface area (Å²) in [5, 5.41) is 2.97. The number of ether oxygens (including phenoxy) is 4. The Kier molecular flexibility index (Phi) is 7.60. The van der Waals surface area contributed by atoms with Gasteiger partial charge in [-0.1, -0.05) is 6.07 Å². The van der Waals surface area contributed by atoms with Crippen LogP contribution in [0.2, 0.25) is 0 Å². The predicted molar refractivity (Wildman–Crippen MR) is 108 cm³/mol. The van der Waals surface area contributed by atoms with Crippen molar-refractivity contribution in [2.24, 2.45) is 0 Å². The Morgan fingerprint density at radius 3 is 2.41 bits per heavy atom. The summed E-state index contributed by atoms with van der Waals surface area (Å²) in [7, 11) is 4.29. The minimum atomic E-state index is -0.588. The molecule has 29 heavy (non-hydrogen) atoms. The molecule has 1 heterocycles. The van der Waals surface area contributed by atoms with Gasteiger partial charge in [0.2, 0.25) is 0 Å². The average molecular weight is 421 g/mol. The van der Waals surface area contributed by atoms with Gasteiger partial charge in [-0.15, -0.1) is 11.3 Å². The van der Waals surface area contributed by atoms with E-state index in [4.69, 9.17) is 18.9 Å². The van der Waals surface area contributed by atoms with E-state index in [1.807, 2.05) is 6.92 Å². The van der Waals surface area contributed by atoms with E-state index in [0.717, 1.165) is 10.4 Å². The summed E-state index contributed by atoms with van der Waals surface area (Å²) in [4.78, 5) is 37.1. The van der Waals surface area contributed by atoms with Crippen molar-refractivity contribution in [3.8, 4) is 11.5 Å². The van der Waals surface area contributed by atoms with Gasteiger partial charge in [0.1, 0.15) is 16.5 Å². The zero-order valence-corrected chi connectivity index (χ0v) is 17.7. The lowest BCUT2D eigenvalue weighted by Gasteiger charge is -2.10. The first-order valence-electron chi connectivity index (χ1n) is 8.65. The highest BCUT2D eigenvalue weighted by atomic mass is 32.1. The van der Waals surface area contributed by atoms with Crippen molar-refractivity contribution in [1.82, 2.24) is 0 Å². The molecule has 0 aliphatic rings. The Morgan fingerprint density at radius 2 is 1.79 bits per heavy atom. The van der Waals surface area contributed by atoms with Crippen LogP contribution in [0.5, 0.6) is 11.5 Å². The van der Waals surface area contributed by atoms with Crippen LogP contribution in [-0.4, -0.2) is 45.8 Å². The van der Waals surface area contributed by atoms with Crippen LogP contribution in [0.3, 0.4) is 0 Å². The molecule has 2 aromatic rings. The molecule has 0 atom stereocenters. The SMILES string of the molecule is COC(=O)c1c(NC(=O)COC(=O)Cc2ccc(OC)cc2OC)sc(C)c1C. The number of amides is 1. The molecule has 0 aliphatic carbocycles. The molecule has 0 unspecified atom stereocenters. The number of rotatable bonds is 8. The molecule has 0 saturated carbocycles. The largest absolute Gasteiger partial charge is 0.497 e. The molecular weight excluding hydrogens is 398 g/mol. The Balaban J connectivity index is 1.97. The van der Waals surface area contributed by atoms with E-state index in [-0.39, 0.29) is 6.42 Å². The molecule has 0 bridgehead atoms. The van der Waals surface area contributed by atoms with E-state index >= 15 is 0 Å². The molecule has 0 fully saturated rings. The summed E-state index contributed by atoms with van der Waals surface area (Å²) < 4.78 is 20.2. The number of hydrogen-bond donors (Lipinski definition) is 1. The lowest BCUT2D eigenvalue weighted by Crippen LogP contribution is -2.22. The quantitative estimate of drug-likeness (QED) is 0.654. The molecule has 2 rings (SSSR count). The molecule has 0 aliphatic heterocycles. The lowest BCUT2D eigenvalue weighted by molar-refractivity contribution is -0.146. The van der Waals surface area contributed by atoms with Gasteiger partial charge in [0, 0.05) is 16.5 Å². The Labute approximate surface area is 172 Å². The topological polar surface area (TPSA) is 100 Å². The minimum Gasteiger partial charge on any atom is -0.497 e. The highest BCUT2D eigenvalue weighted by Crippen LogP contribution is 2.33. The molecule has 1 amide bonds. The molecule has 9 heteroatoms. The Morgan fingerprint density at radius 1 is 1.07 bits per heavy atom. The van der Waals surface area contributed by atoms with Crippen molar-refractivity contribution >= 4 is 34.2 Å². The number of hydrogen-bond acceptors (Lipinski definition) is 8. The fourth-order valence-electron chi connectivity index (χ4n) is 2.58. The second-order valence-corrected chi connectivity index (χ2v) is 7.27. The van der Waals surface area contributed by atoms with Crippen molar-refractivity contribution in [1.29, 1.82) is 0 Å². The van der Waals surface area contributed by atoms with Gasteiger partial charge in [-0.25, -0.2) is 4.79 Å². The second-order valence-electron chi connectivity index (χ2n) is 6.04. The number of carbonyl (C=O) groups excluding carboxylic acids is 3. The molecule has 0 saturated heterocycles. The van der Waals surface area contributed by atoms with Gasteiger partial charge in [-0.05, 0) is 25.5 Å². The van der Waals surface area contributed by atoms with Crippen molar-refractivity contribution < 1.29 is 33.3 Å². The molecule has 0 spiro atoms. The first-order chi connectivity index (χ1) is 13.8. The number of aryl methyl sites for hydroxylation is 1. The zero-order chi connectivity index (χ0) is 21.6. The highest BCUT2D eigenvalue weighted by Gasteiger charge is 2.22. The fourth-order valence-corrected chi connectivity index (χ4v) is 3.64. The third-order valence-electron chi connectivity index (χ3n) is 4.22. The normalized spacial score (nSPS) is 10.2. The number of thiophene rings is 1. The second kappa shape index (κ2) is 9.92. The van der Waals surface area contributed by atoms with Gasteiger partial charge < -0.3 is 24.3 Å². The van der Waals surface area contributed by atoms with Crippen LogP contribution in [0.25, 0.3) is 0 Å².